The van der Waals surface area contributed by atoms with Crippen LogP contribution in [-0.2, 0) is 18.1 Å². The van der Waals surface area contributed by atoms with Gasteiger partial charge in [-0.3, -0.25) is 0 Å². The quantitative estimate of drug-likeness (QED) is 0.360. The smallest absolute Gasteiger partial charge is 0.237 e. The van der Waals surface area contributed by atoms with E-state index in [1.807, 2.05) is 32.0 Å². The van der Waals surface area contributed by atoms with Crippen molar-refractivity contribution in [3.8, 4) is 0 Å². The molecule has 3 aromatic heterocycles. The van der Waals surface area contributed by atoms with Gasteiger partial charge in [0.2, 0.25) is 5.89 Å². The first-order valence-electron chi connectivity index (χ1n) is 8.99. The van der Waals surface area contributed by atoms with Gasteiger partial charge in [-0.05, 0) is 19.1 Å². The highest BCUT2D eigenvalue weighted by molar-refractivity contribution is 8.00. The Morgan fingerprint density at radius 2 is 1.96 bits per heavy atom. The Bertz CT molecular complexity index is 1040. The average Bonchev–Trinajstić information content (AvgIpc) is 3.41. The van der Waals surface area contributed by atoms with E-state index in [4.69, 9.17) is 4.52 Å². The number of fused-ring (bicyclic) bond motifs is 1. The summed E-state index contributed by atoms with van der Waals surface area (Å²) in [6.45, 7) is 7.00. The summed E-state index contributed by atoms with van der Waals surface area (Å²) in [5.74, 6) is 3.88. The maximum Gasteiger partial charge on any atom is 0.237 e. The summed E-state index contributed by atoms with van der Waals surface area (Å²) in [7, 11) is 0. The number of nitrogens with zero attached hydrogens (tertiary/aromatic N) is 6. The molecule has 0 amide bonds. The third-order valence-corrected chi connectivity index (χ3v) is 7.16. The van der Waals surface area contributed by atoms with Gasteiger partial charge in [0.1, 0.15) is 5.82 Å². The highest BCUT2D eigenvalue weighted by Gasteiger charge is 2.15. The number of thiazole rings is 1. The van der Waals surface area contributed by atoms with Crippen LogP contribution in [0.4, 0.5) is 0 Å². The zero-order valence-corrected chi connectivity index (χ0v) is 18.3. The molecule has 0 saturated heterocycles. The lowest BCUT2D eigenvalue weighted by atomic mass is 10.2. The molecule has 10 heteroatoms. The van der Waals surface area contributed by atoms with Gasteiger partial charge in [0.15, 0.2) is 15.3 Å². The van der Waals surface area contributed by atoms with E-state index in [-0.39, 0.29) is 5.92 Å². The van der Waals surface area contributed by atoms with E-state index in [2.05, 4.69) is 42.9 Å². The minimum atomic E-state index is 0.257. The summed E-state index contributed by atoms with van der Waals surface area (Å²) >= 11 is 4.97. The molecule has 146 valence electrons. The van der Waals surface area contributed by atoms with Gasteiger partial charge in [-0.1, -0.05) is 54.7 Å². The van der Waals surface area contributed by atoms with Crippen LogP contribution in [0.5, 0.6) is 0 Å². The summed E-state index contributed by atoms with van der Waals surface area (Å²) in [4.78, 5) is 9.09. The van der Waals surface area contributed by atoms with Crippen LogP contribution in [0.3, 0.4) is 0 Å². The molecule has 0 atom stereocenters. The Balaban J connectivity index is 1.41. The van der Waals surface area contributed by atoms with Gasteiger partial charge in [0, 0.05) is 12.5 Å². The van der Waals surface area contributed by atoms with Gasteiger partial charge < -0.3 is 9.09 Å². The lowest BCUT2D eigenvalue weighted by Crippen LogP contribution is -2.02. The van der Waals surface area contributed by atoms with Crippen molar-refractivity contribution in [3.63, 3.8) is 0 Å². The van der Waals surface area contributed by atoms with Crippen LogP contribution in [0.1, 0.15) is 44.2 Å². The molecule has 4 rings (SSSR count). The molecule has 0 saturated carbocycles. The van der Waals surface area contributed by atoms with E-state index < -0.39 is 0 Å². The number of thioether (sulfide) groups is 2. The van der Waals surface area contributed by atoms with Crippen LogP contribution in [-0.4, -0.2) is 29.9 Å². The summed E-state index contributed by atoms with van der Waals surface area (Å²) in [6.07, 6.45) is 0. The SMILES string of the molecule is CCn1c(CSc2nc3ccccc3s2)nnc1SCc1nc(C(C)C)no1. The fraction of sp³-hybridized carbons (Fsp3) is 0.389. The normalized spacial score (nSPS) is 11.7. The Labute approximate surface area is 175 Å². The van der Waals surface area contributed by atoms with E-state index in [1.54, 1.807) is 34.9 Å². The largest absolute Gasteiger partial charge is 0.338 e. The van der Waals surface area contributed by atoms with Crippen LogP contribution < -0.4 is 0 Å². The summed E-state index contributed by atoms with van der Waals surface area (Å²) in [5.41, 5.74) is 1.04. The molecule has 0 radical (unpaired) electrons. The number of para-hydroxylation sites is 1. The lowest BCUT2D eigenvalue weighted by molar-refractivity contribution is 0.382. The second-order valence-electron chi connectivity index (χ2n) is 6.37. The molecule has 3 heterocycles. The predicted molar refractivity (Wildman–Crippen MR) is 113 cm³/mol. The minimum absolute atomic E-state index is 0.257. The highest BCUT2D eigenvalue weighted by Crippen LogP contribution is 2.32. The van der Waals surface area contributed by atoms with Gasteiger partial charge >= 0.3 is 0 Å². The van der Waals surface area contributed by atoms with Crippen molar-refractivity contribution in [3.05, 3.63) is 41.8 Å². The van der Waals surface area contributed by atoms with Crippen molar-refractivity contribution in [2.24, 2.45) is 0 Å². The van der Waals surface area contributed by atoms with Crippen LogP contribution in [0, 0.1) is 0 Å². The third kappa shape index (κ3) is 4.23. The Morgan fingerprint density at radius 1 is 1.11 bits per heavy atom. The summed E-state index contributed by atoms with van der Waals surface area (Å²) in [6, 6.07) is 8.20. The molecule has 0 fully saturated rings. The van der Waals surface area contributed by atoms with Crippen LogP contribution in [0.2, 0.25) is 0 Å². The van der Waals surface area contributed by atoms with Gasteiger partial charge in [-0.25, -0.2) is 4.98 Å². The number of benzene rings is 1. The molecular formula is C18H20N6OS3. The van der Waals surface area contributed by atoms with Gasteiger partial charge in [0.05, 0.1) is 21.7 Å². The van der Waals surface area contributed by atoms with Crippen LogP contribution in [0.15, 0.2) is 38.3 Å². The van der Waals surface area contributed by atoms with Crippen molar-refractivity contribution >= 4 is 45.1 Å². The van der Waals surface area contributed by atoms with Crippen molar-refractivity contribution in [2.45, 2.75) is 54.2 Å². The molecule has 4 aromatic rings. The fourth-order valence-corrected chi connectivity index (χ4v) is 5.44. The molecule has 0 aliphatic heterocycles. The van der Waals surface area contributed by atoms with Crippen molar-refractivity contribution < 1.29 is 4.52 Å². The second kappa shape index (κ2) is 8.62. The molecule has 0 N–H and O–H groups in total. The van der Waals surface area contributed by atoms with E-state index in [9.17, 15) is 0 Å². The van der Waals surface area contributed by atoms with Crippen molar-refractivity contribution in [1.82, 2.24) is 29.9 Å². The molecule has 1 aromatic carbocycles. The Kier molecular flexibility index (Phi) is 5.98. The second-order valence-corrected chi connectivity index (χ2v) is 9.56. The first-order chi connectivity index (χ1) is 13.6. The van der Waals surface area contributed by atoms with E-state index in [0.717, 1.165) is 39.0 Å². The lowest BCUT2D eigenvalue weighted by Gasteiger charge is -2.05. The Hall–Kier alpha value is -1.91. The topological polar surface area (TPSA) is 82.5 Å². The monoisotopic (exact) mass is 432 g/mol. The summed E-state index contributed by atoms with van der Waals surface area (Å²) in [5, 5.41) is 13.6. The van der Waals surface area contributed by atoms with Gasteiger partial charge in [0.25, 0.3) is 0 Å². The Morgan fingerprint density at radius 3 is 2.71 bits per heavy atom. The van der Waals surface area contributed by atoms with Gasteiger partial charge in [-0.2, -0.15) is 4.98 Å². The van der Waals surface area contributed by atoms with Crippen molar-refractivity contribution in [1.29, 1.82) is 0 Å². The third-order valence-electron chi connectivity index (χ3n) is 4.03. The molecule has 0 unspecified atom stereocenters. The van der Waals surface area contributed by atoms with E-state index >= 15 is 0 Å². The van der Waals surface area contributed by atoms with Crippen LogP contribution in [0.25, 0.3) is 10.2 Å². The number of hydrogen-bond donors (Lipinski definition) is 0. The number of rotatable bonds is 8. The summed E-state index contributed by atoms with van der Waals surface area (Å²) < 4.78 is 9.70. The standard InChI is InChI=1S/C18H20N6OS3/c1-4-24-14(9-27-18-19-12-7-5-6-8-13(12)28-18)21-22-17(24)26-10-15-20-16(11(2)3)23-25-15/h5-8,11H,4,9-10H2,1-3H3. The first kappa shape index (κ1) is 19.4. The van der Waals surface area contributed by atoms with Crippen molar-refractivity contribution in [2.75, 3.05) is 0 Å². The molecule has 0 spiro atoms. The van der Waals surface area contributed by atoms with Crippen LogP contribution >= 0.6 is 34.9 Å². The molecular weight excluding hydrogens is 412 g/mol. The maximum atomic E-state index is 5.31. The van der Waals surface area contributed by atoms with E-state index in [1.165, 1.54) is 4.70 Å². The van der Waals surface area contributed by atoms with E-state index in [0.29, 0.717) is 11.6 Å². The minimum Gasteiger partial charge on any atom is -0.338 e. The highest BCUT2D eigenvalue weighted by atomic mass is 32.2. The zero-order valence-electron chi connectivity index (χ0n) is 15.8. The zero-order chi connectivity index (χ0) is 19.5. The molecule has 0 aliphatic rings. The first-order valence-corrected chi connectivity index (χ1v) is 11.8. The van der Waals surface area contributed by atoms with Gasteiger partial charge in [-0.15, -0.1) is 21.5 Å². The fourth-order valence-electron chi connectivity index (χ4n) is 2.58. The predicted octanol–water partition coefficient (Wildman–Crippen LogP) is 5.00. The molecule has 7 nitrogen and oxygen atoms in total. The maximum absolute atomic E-state index is 5.31. The average molecular weight is 433 g/mol. The number of aromatic nitrogens is 6. The number of hydrogen-bond acceptors (Lipinski definition) is 9. The molecule has 0 aliphatic carbocycles. The molecule has 0 bridgehead atoms. The molecule has 28 heavy (non-hydrogen) atoms.